The van der Waals surface area contributed by atoms with Crippen LogP contribution in [0, 0.1) is 5.92 Å². The molecule has 0 saturated carbocycles. The van der Waals surface area contributed by atoms with Crippen LogP contribution in [0.4, 0.5) is 0 Å². The summed E-state index contributed by atoms with van der Waals surface area (Å²) in [4.78, 5) is 3.78. The van der Waals surface area contributed by atoms with Crippen LogP contribution in [0.2, 0.25) is 10.2 Å². The molecule has 1 aliphatic carbocycles. The number of halogens is 2. The van der Waals surface area contributed by atoms with Crippen molar-refractivity contribution in [2.45, 2.75) is 24.2 Å². The third-order valence-electron chi connectivity index (χ3n) is 3.02. The van der Waals surface area contributed by atoms with Crippen molar-refractivity contribution < 1.29 is 8.42 Å². The van der Waals surface area contributed by atoms with Crippen molar-refractivity contribution in [3.05, 3.63) is 34.6 Å². The van der Waals surface area contributed by atoms with Crippen molar-refractivity contribution in [2.24, 2.45) is 5.92 Å². The number of rotatable bonds is 4. The van der Waals surface area contributed by atoms with Crippen LogP contribution in [0.15, 0.2) is 29.3 Å². The Bertz CT molecular complexity index is 587. The van der Waals surface area contributed by atoms with E-state index in [2.05, 4.69) is 21.9 Å². The molecular formula is C12H14Cl2N2O2S. The average Bonchev–Trinajstić information content (AvgIpc) is 2.41. The molecule has 1 heterocycles. The largest absolute Gasteiger partial charge is 0.242 e. The highest BCUT2D eigenvalue weighted by Gasteiger charge is 2.18. The molecule has 7 heteroatoms. The first-order chi connectivity index (χ1) is 8.99. The molecule has 1 aromatic heterocycles. The molecule has 0 aliphatic heterocycles. The summed E-state index contributed by atoms with van der Waals surface area (Å²) in [7, 11) is -3.58. The molecule has 1 aromatic rings. The van der Waals surface area contributed by atoms with Gasteiger partial charge in [0.25, 0.3) is 0 Å². The van der Waals surface area contributed by atoms with Crippen LogP contribution in [0.1, 0.15) is 19.3 Å². The van der Waals surface area contributed by atoms with E-state index in [4.69, 9.17) is 23.2 Å². The fourth-order valence-electron chi connectivity index (χ4n) is 1.90. The number of hydrogen-bond acceptors (Lipinski definition) is 3. The summed E-state index contributed by atoms with van der Waals surface area (Å²) in [6.45, 7) is 0.424. The van der Waals surface area contributed by atoms with E-state index in [9.17, 15) is 8.42 Å². The van der Waals surface area contributed by atoms with Gasteiger partial charge < -0.3 is 0 Å². The van der Waals surface area contributed by atoms with Gasteiger partial charge in [0.05, 0.1) is 5.02 Å². The smallest absolute Gasteiger partial charge is 0.242 e. The van der Waals surface area contributed by atoms with Crippen LogP contribution in [0.3, 0.4) is 0 Å². The van der Waals surface area contributed by atoms with Gasteiger partial charge in [-0.1, -0.05) is 35.4 Å². The number of sulfonamides is 1. The summed E-state index contributed by atoms with van der Waals surface area (Å²) in [6, 6.07) is 1.31. The maximum atomic E-state index is 12.1. The third kappa shape index (κ3) is 3.92. The van der Waals surface area contributed by atoms with Crippen LogP contribution in [-0.4, -0.2) is 19.9 Å². The average molecular weight is 321 g/mol. The lowest BCUT2D eigenvalue weighted by molar-refractivity contribution is 0.468. The number of aromatic nitrogens is 1. The van der Waals surface area contributed by atoms with E-state index < -0.39 is 10.0 Å². The van der Waals surface area contributed by atoms with E-state index in [0.29, 0.717) is 12.5 Å². The van der Waals surface area contributed by atoms with Gasteiger partial charge >= 0.3 is 0 Å². The lowest BCUT2D eigenvalue weighted by atomic mass is 9.95. The first-order valence-corrected chi connectivity index (χ1v) is 8.18. The summed E-state index contributed by atoms with van der Waals surface area (Å²) in [6.07, 6.45) is 8.32. The van der Waals surface area contributed by atoms with E-state index in [-0.39, 0.29) is 15.1 Å². The zero-order valence-corrected chi connectivity index (χ0v) is 12.5. The van der Waals surface area contributed by atoms with Crippen molar-refractivity contribution in [3.8, 4) is 0 Å². The predicted octanol–water partition coefficient (Wildman–Crippen LogP) is 3.02. The molecular weight excluding hydrogens is 307 g/mol. The molecule has 0 bridgehead atoms. The van der Waals surface area contributed by atoms with E-state index in [1.165, 1.54) is 12.3 Å². The van der Waals surface area contributed by atoms with Gasteiger partial charge in [-0.2, -0.15) is 0 Å². The Morgan fingerprint density at radius 1 is 1.37 bits per heavy atom. The van der Waals surface area contributed by atoms with Gasteiger partial charge in [-0.15, -0.1) is 0 Å². The second-order valence-electron chi connectivity index (χ2n) is 4.45. The fraction of sp³-hybridized carbons (Fsp3) is 0.417. The minimum Gasteiger partial charge on any atom is -0.242 e. The van der Waals surface area contributed by atoms with Crippen molar-refractivity contribution in [2.75, 3.05) is 6.54 Å². The fourth-order valence-corrected chi connectivity index (χ4v) is 3.32. The number of pyridine rings is 1. The van der Waals surface area contributed by atoms with E-state index in [0.717, 1.165) is 19.3 Å². The molecule has 104 valence electrons. The Hall–Kier alpha value is -0.620. The Labute approximate surface area is 122 Å². The highest BCUT2D eigenvalue weighted by molar-refractivity contribution is 7.89. The monoisotopic (exact) mass is 320 g/mol. The van der Waals surface area contributed by atoms with E-state index in [1.54, 1.807) is 0 Å². The number of nitrogens with zero attached hydrogens (tertiary/aromatic N) is 1. The molecule has 2 rings (SSSR count). The molecule has 0 amide bonds. The number of hydrogen-bond donors (Lipinski definition) is 1. The second kappa shape index (κ2) is 6.22. The van der Waals surface area contributed by atoms with Gasteiger partial charge in [0, 0.05) is 12.7 Å². The molecule has 0 spiro atoms. The molecule has 0 aromatic carbocycles. The van der Waals surface area contributed by atoms with Gasteiger partial charge in [0.2, 0.25) is 10.0 Å². The molecule has 1 N–H and O–H groups in total. The minimum absolute atomic E-state index is 0.0354. The summed E-state index contributed by atoms with van der Waals surface area (Å²) >= 11 is 11.4. The summed E-state index contributed by atoms with van der Waals surface area (Å²) in [5.74, 6) is 0.343. The zero-order chi connectivity index (χ0) is 13.9. The quantitative estimate of drug-likeness (QED) is 0.685. The Morgan fingerprint density at radius 2 is 2.16 bits per heavy atom. The number of allylic oxidation sites excluding steroid dienone is 2. The Kier molecular flexibility index (Phi) is 4.84. The highest BCUT2D eigenvalue weighted by atomic mass is 35.5. The van der Waals surface area contributed by atoms with Gasteiger partial charge in [0.15, 0.2) is 0 Å². The molecule has 1 atom stereocenters. The maximum Gasteiger partial charge on any atom is 0.242 e. The van der Waals surface area contributed by atoms with Gasteiger partial charge in [0.1, 0.15) is 10.0 Å². The van der Waals surface area contributed by atoms with Gasteiger partial charge in [-0.05, 0) is 31.2 Å². The van der Waals surface area contributed by atoms with Crippen molar-refractivity contribution in [1.29, 1.82) is 0 Å². The predicted molar refractivity (Wildman–Crippen MR) is 75.9 cm³/mol. The van der Waals surface area contributed by atoms with Crippen molar-refractivity contribution >= 4 is 33.2 Å². The lowest BCUT2D eigenvalue weighted by Crippen LogP contribution is -2.29. The first kappa shape index (κ1) is 14.8. The second-order valence-corrected chi connectivity index (χ2v) is 6.98. The Balaban J connectivity index is 2.05. The maximum absolute atomic E-state index is 12.1. The van der Waals surface area contributed by atoms with Gasteiger partial charge in [-0.25, -0.2) is 18.1 Å². The van der Waals surface area contributed by atoms with Gasteiger partial charge in [-0.3, -0.25) is 0 Å². The lowest BCUT2D eigenvalue weighted by Gasteiger charge is -2.18. The van der Waals surface area contributed by atoms with Crippen LogP contribution >= 0.6 is 23.2 Å². The molecule has 4 nitrogen and oxygen atoms in total. The standard InChI is InChI=1S/C12H14Cl2N2O2S/c13-11-6-10(8-15-12(11)14)19(17,18)16-7-9-4-2-1-3-5-9/h1-2,6,8-9,16H,3-5,7H2. The molecule has 0 radical (unpaired) electrons. The van der Waals surface area contributed by atoms with E-state index in [1.807, 2.05) is 0 Å². The minimum atomic E-state index is -3.58. The summed E-state index contributed by atoms with van der Waals surface area (Å²) in [5.41, 5.74) is 0. The molecule has 0 saturated heterocycles. The zero-order valence-electron chi connectivity index (χ0n) is 10.1. The summed E-state index contributed by atoms with van der Waals surface area (Å²) in [5, 5.41) is 0.225. The first-order valence-electron chi connectivity index (χ1n) is 5.95. The third-order valence-corrected chi connectivity index (χ3v) is 5.10. The normalized spacial score (nSPS) is 19.6. The highest BCUT2D eigenvalue weighted by Crippen LogP contribution is 2.22. The molecule has 0 fully saturated rings. The SMILES string of the molecule is O=S(=O)(NCC1CC=CCC1)c1cnc(Cl)c(Cl)c1. The van der Waals surface area contributed by atoms with Crippen LogP contribution in [-0.2, 0) is 10.0 Å². The molecule has 19 heavy (non-hydrogen) atoms. The topological polar surface area (TPSA) is 59.1 Å². The molecule has 1 aliphatic rings. The van der Waals surface area contributed by atoms with Crippen LogP contribution in [0.25, 0.3) is 0 Å². The van der Waals surface area contributed by atoms with Crippen LogP contribution < -0.4 is 4.72 Å². The Morgan fingerprint density at radius 3 is 2.79 bits per heavy atom. The van der Waals surface area contributed by atoms with Crippen molar-refractivity contribution in [1.82, 2.24) is 9.71 Å². The number of nitrogens with one attached hydrogen (secondary N) is 1. The van der Waals surface area contributed by atoms with Crippen LogP contribution in [0.5, 0.6) is 0 Å². The summed E-state index contributed by atoms with van der Waals surface area (Å²) < 4.78 is 26.7. The van der Waals surface area contributed by atoms with Crippen molar-refractivity contribution in [3.63, 3.8) is 0 Å². The van der Waals surface area contributed by atoms with E-state index >= 15 is 0 Å². The molecule has 1 unspecified atom stereocenters.